The summed E-state index contributed by atoms with van der Waals surface area (Å²) in [6, 6.07) is 18.9. The van der Waals surface area contributed by atoms with E-state index < -0.39 is 5.60 Å². The van der Waals surface area contributed by atoms with Crippen molar-refractivity contribution in [1.82, 2.24) is 4.90 Å². The van der Waals surface area contributed by atoms with Gasteiger partial charge >= 0.3 is 0 Å². The molecule has 3 nitrogen and oxygen atoms in total. The Kier molecular flexibility index (Phi) is 7.14. The highest BCUT2D eigenvalue weighted by molar-refractivity contribution is 5.29. The highest BCUT2D eigenvalue weighted by Gasteiger charge is 2.48. The topological polar surface area (TPSA) is 32.7 Å². The quantitative estimate of drug-likeness (QED) is 0.690. The molecule has 1 aliphatic carbocycles. The monoisotopic (exact) mass is 381 g/mol. The molecular weight excluding hydrogens is 346 g/mol. The Labute approximate surface area is 170 Å². The van der Waals surface area contributed by atoms with E-state index in [4.69, 9.17) is 4.74 Å². The van der Waals surface area contributed by atoms with Gasteiger partial charge in [0.2, 0.25) is 0 Å². The average molecular weight is 382 g/mol. The second-order valence-electron chi connectivity index (χ2n) is 8.62. The first kappa shape index (κ1) is 20.9. The molecule has 2 aromatic carbocycles. The molecule has 1 aliphatic rings. The number of nitrogens with zero attached hydrogens (tertiary/aromatic N) is 1. The molecule has 0 saturated heterocycles. The molecule has 0 aliphatic heterocycles. The molecule has 28 heavy (non-hydrogen) atoms. The van der Waals surface area contributed by atoms with E-state index in [2.05, 4.69) is 67.5 Å². The van der Waals surface area contributed by atoms with Crippen LogP contribution in [-0.2, 0) is 12.8 Å². The zero-order valence-electron chi connectivity index (χ0n) is 17.6. The maximum Gasteiger partial charge on any atom is 0.119 e. The molecule has 1 fully saturated rings. The fraction of sp³-hybridized carbons (Fsp3) is 0.520. The van der Waals surface area contributed by atoms with Crippen LogP contribution >= 0.6 is 0 Å². The van der Waals surface area contributed by atoms with Gasteiger partial charge in [-0.1, -0.05) is 42.5 Å². The van der Waals surface area contributed by atoms with E-state index in [0.717, 1.165) is 50.8 Å². The standard InChI is InChI=1S/C25H35NO2/c1-26(2)19-23-15-14-22(17-21-11-7-13-24(18-21)28-3)25(23,27)16-8-12-20-9-5-4-6-10-20/h4-7,9-11,13,18,22-23,27H,8,12,14-17,19H2,1-3H3. The minimum absolute atomic E-state index is 0.306. The van der Waals surface area contributed by atoms with Crippen LogP contribution in [0.15, 0.2) is 54.6 Å². The van der Waals surface area contributed by atoms with Crippen LogP contribution < -0.4 is 4.74 Å². The van der Waals surface area contributed by atoms with Crippen molar-refractivity contribution < 1.29 is 9.84 Å². The highest BCUT2D eigenvalue weighted by atomic mass is 16.5. The van der Waals surface area contributed by atoms with Gasteiger partial charge in [0.15, 0.2) is 0 Å². The first-order chi connectivity index (χ1) is 13.5. The van der Waals surface area contributed by atoms with Gasteiger partial charge in [-0.3, -0.25) is 0 Å². The zero-order chi connectivity index (χ0) is 20.0. The molecule has 3 unspecified atom stereocenters. The number of aliphatic hydroxyl groups is 1. The second kappa shape index (κ2) is 9.58. The van der Waals surface area contributed by atoms with Crippen LogP contribution in [0.2, 0.25) is 0 Å². The van der Waals surface area contributed by atoms with Crippen molar-refractivity contribution >= 4 is 0 Å². The van der Waals surface area contributed by atoms with Gasteiger partial charge in [-0.2, -0.15) is 0 Å². The molecule has 0 heterocycles. The maximum atomic E-state index is 11.9. The molecule has 0 amide bonds. The summed E-state index contributed by atoms with van der Waals surface area (Å²) in [5, 5.41) is 11.9. The normalized spacial score (nSPS) is 24.6. The van der Waals surface area contributed by atoms with Gasteiger partial charge in [-0.15, -0.1) is 0 Å². The van der Waals surface area contributed by atoms with Crippen molar-refractivity contribution in [3.63, 3.8) is 0 Å². The molecule has 2 aromatic rings. The van der Waals surface area contributed by atoms with Crippen molar-refractivity contribution in [3.05, 3.63) is 65.7 Å². The van der Waals surface area contributed by atoms with Crippen LogP contribution in [0.25, 0.3) is 0 Å². The molecule has 152 valence electrons. The van der Waals surface area contributed by atoms with E-state index in [-0.39, 0.29) is 0 Å². The van der Waals surface area contributed by atoms with Crippen molar-refractivity contribution in [2.45, 2.75) is 44.1 Å². The smallest absolute Gasteiger partial charge is 0.119 e. The lowest BCUT2D eigenvalue weighted by Gasteiger charge is -2.37. The van der Waals surface area contributed by atoms with Crippen LogP contribution in [0.3, 0.4) is 0 Å². The number of hydrogen-bond acceptors (Lipinski definition) is 3. The SMILES string of the molecule is COc1cccc(CC2CCC(CN(C)C)C2(O)CCCc2ccccc2)c1. The Morgan fingerprint density at radius 2 is 1.71 bits per heavy atom. The molecular formula is C25H35NO2. The van der Waals surface area contributed by atoms with Crippen molar-refractivity contribution in [2.75, 3.05) is 27.7 Å². The maximum absolute atomic E-state index is 11.9. The van der Waals surface area contributed by atoms with Crippen LogP contribution in [0.5, 0.6) is 5.75 Å². The summed E-state index contributed by atoms with van der Waals surface area (Å²) >= 11 is 0. The van der Waals surface area contributed by atoms with Crippen LogP contribution in [0, 0.1) is 11.8 Å². The van der Waals surface area contributed by atoms with E-state index in [1.54, 1.807) is 7.11 Å². The minimum Gasteiger partial charge on any atom is -0.497 e. The van der Waals surface area contributed by atoms with E-state index in [1.165, 1.54) is 11.1 Å². The van der Waals surface area contributed by atoms with Gasteiger partial charge in [0, 0.05) is 12.5 Å². The number of methoxy groups -OCH3 is 1. The number of hydrogen-bond donors (Lipinski definition) is 1. The molecule has 0 aromatic heterocycles. The van der Waals surface area contributed by atoms with Crippen molar-refractivity contribution in [1.29, 1.82) is 0 Å². The molecule has 0 spiro atoms. The van der Waals surface area contributed by atoms with Gasteiger partial charge in [-0.05, 0) is 81.8 Å². The lowest BCUT2D eigenvalue weighted by Crippen LogP contribution is -2.44. The Bertz CT molecular complexity index is 730. The van der Waals surface area contributed by atoms with E-state index in [0.29, 0.717) is 11.8 Å². The second-order valence-corrected chi connectivity index (χ2v) is 8.62. The third kappa shape index (κ3) is 5.15. The summed E-state index contributed by atoms with van der Waals surface area (Å²) in [5.41, 5.74) is 2.02. The van der Waals surface area contributed by atoms with Crippen LogP contribution in [0.1, 0.15) is 36.8 Å². The molecule has 3 atom stereocenters. The fourth-order valence-corrected chi connectivity index (χ4v) is 4.92. The van der Waals surface area contributed by atoms with E-state index >= 15 is 0 Å². The Hall–Kier alpha value is -1.84. The predicted octanol–water partition coefficient (Wildman–Crippen LogP) is 4.58. The van der Waals surface area contributed by atoms with Crippen LogP contribution in [-0.4, -0.2) is 43.4 Å². The summed E-state index contributed by atoms with van der Waals surface area (Å²) in [7, 11) is 5.93. The summed E-state index contributed by atoms with van der Waals surface area (Å²) in [6.45, 7) is 0.955. The number of aryl methyl sites for hydroxylation is 1. The third-order valence-corrected chi connectivity index (χ3v) is 6.36. The summed E-state index contributed by atoms with van der Waals surface area (Å²) < 4.78 is 5.39. The lowest BCUT2D eigenvalue weighted by atomic mass is 9.77. The summed E-state index contributed by atoms with van der Waals surface area (Å²) in [6.07, 6.45) is 6.05. The third-order valence-electron chi connectivity index (χ3n) is 6.36. The van der Waals surface area contributed by atoms with Gasteiger partial charge in [0.05, 0.1) is 12.7 Å². The number of ether oxygens (including phenoxy) is 1. The molecule has 3 heteroatoms. The lowest BCUT2D eigenvalue weighted by molar-refractivity contribution is -0.0510. The minimum atomic E-state index is -0.595. The summed E-state index contributed by atoms with van der Waals surface area (Å²) in [4.78, 5) is 2.22. The van der Waals surface area contributed by atoms with Crippen molar-refractivity contribution in [2.24, 2.45) is 11.8 Å². The zero-order valence-corrected chi connectivity index (χ0v) is 17.6. The van der Waals surface area contributed by atoms with Gasteiger partial charge in [-0.25, -0.2) is 0 Å². The number of benzene rings is 2. The highest BCUT2D eigenvalue weighted by Crippen LogP contribution is 2.46. The Balaban J connectivity index is 1.71. The van der Waals surface area contributed by atoms with Crippen LogP contribution in [0.4, 0.5) is 0 Å². The molecule has 1 saturated carbocycles. The average Bonchev–Trinajstić information content (AvgIpc) is 2.98. The van der Waals surface area contributed by atoms with E-state index in [1.807, 2.05) is 6.07 Å². The molecule has 0 radical (unpaired) electrons. The largest absolute Gasteiger partial charge is 0.497 e. The summed E-state index contributed by atoms with van der Waals surface area (Å²) in [5.74, 6) is 1.54. The first-order valence-corrected chi connectivity index (χ1v) is 10.5. The van der Waals surface area contributed by atoms with Crippen molar-refractivity contribution in [3.8, 4) is 5.75 Å². The predicted molar refractivity (Wildman–Crippen MR) is 116 cm³/mol. The number of rotatable bonds is 9. The molecule has 0 bridgehead atoms. The van der Waals surface area contributed by atoms with Gasteiger partial charge < -0.3 is 14.7 Å². The molecule has 3 rings (SSSR count). The fourth-order valence-electron chi connectivity index (χ4n) is 4.92. The molecule has 1 N–H and O–H groups in total. The van der Waals surface area contributed by atoms with E-state index in [9.17, 15) is 5.11 Å². The Morgan fingerprint density at radius 1 is 1.00 bits per heavy atom. The Morgan fingerprint density at radius 3 is 2.43 bits per heavy atom. The first-order valence-electron chi connectivity index (χ1n) is 10.5. The van der Waals surface area contributed by atoms with Gasteiger partial charge in [0.25, 0.3) is 0 Å². The van der Waals surface area contributed by atoms with Gasteiger partial charge in [0.1, 0.15) is 5.75 Å².